The van der Waals surface area contributed by atoms with Crippen molar-refractivity contribution in [2.45, 2.75) is 31.8 Å². The summed E-state index contributed by atoms with van der Waals surface area (Å²) in [6.07, 6.45) is 0. The predicted octanol–water partition coefficient (Wildman–Crippen LogP) is 2.51. The highest BCUT2D eigenvalue weighted by atomic mass is 32.2. The van der Waals surface area contributed by atoms with Gasteiger partial charge in [-0.05, 0) is 49.5 Å². The molecule has 0 saturated carbocycles. The average molecular weight is 408 g/mol. The fourth-order valence-corrected chi connectivity index (χ4v) is 3.56. The van der Waals surface area contributed by atoms with Crippen LogP contribution in [0.15, 0.2) is 47.4 Å². The molecule has 2 aromatic rings. The lowest BCUT2D eigenvalue weighted by Crippen LogP contribution is -2.27. The van der Waals surface area contributed by atoms with Crippen molar-refractivity contribution in [1.29, 1.82) is 0 Å². The molecule has 152 valence electrons. The minimum atomic E-state index is -3.77. The van der Waals surface area contributed by atoms with Crippen molar-refractivity contribution in [2.24, 2.45) is 0 Å². The van der Waals surface area contributed by atoms with Crippen molar-refractivity contribution in [3.8, 4) is 0 Å². The first-order valence-electron chi connectivity index (χ1n) is 9.12. The van der Waals surface area contributed by atoms with Gasteiger partial charge in [0.1, 0.15) is 5.82 Å². The van der Waals surface area contributed by atoms with Crippen LogP contribution in [0.25, 0.3) is 0 Å². The highest BCUT2D eigenvalue weighted by molar-refractivity contribution is 7.89. The molecule has 0 spiro atoms. The lowest BCUT2D eigenvalue weighted by molar-refractivity contribution is 0.0946. The van der Waals surface area contributed by atoms with Crippen LogP contribution in [0.5, 0.6) is 0 Å². The van der Waals surface area contributed by atoms with E-state index in [1.807, 2.05) is 24.3 Å². The number of benzene rings is 2. The van der Waals surface area contributed by atoms with E-state index in [0.29, 0.717) is 0 Å². The minimum absolute atomic E-state index is 0.163. The molecule has 6 nitrogen and oxygen atoms in total. The largest absolute Gasteiger partial charge is 0.348 e. The van der Waals surface area contributed by atoms with E-state index in [1.165, 1.54) is 7.05 Å². The van der Waals surface area contributed by atoms with Crippen LogP contribution in [0, 0.1) is 5.82 Å². The topological polar surface area (TPSA) is 78.5 Å². The van der Waals surface area contributed by atoms with Gasteiger partial charge in [-0.3, -0.25) is 9.69 Å². The van der Waals surface area contributed by atoms with E-state index in [-0.39, 0.29) is 17.0 Å². The van der Waals surface area contributed by atoms with Crippen molar-refractivity contribution in [1.82, 2.24) is 14.9 Å². The van der Waals surface area contributed by atoms with Crippen LogP contribution in [0.4, 0.5) is 4.39 Å². The summed E-state index contributed by atoms with van der Waals surface area (Å²) in [5.41, 5.74) is 1.71. The molecule has 2 rings (SSSR count). The van der Waals surface area contributed by atoms with Gasteiger partial charge in [-0.15, -0.1) is 0 Å². The number of nitrogens with one attached hydrogen (secondary N) is 2. The Morgan fingerprint density at radius 3 is 2.32 bits per heavy atom. The molecule has 28 heavy (non-hydrogen) atoms. The Balaban J connectivity index is 2.18. The molecule has 0 atom stereocenters. The Labute approximate surface area is 165 Å². The summed E-state index contributed by atoms with van der Waals surface area (Å²) in [6.45, 7) is 6.97. The Hall–Kier alpha value is -2.29. The third-order valence-corrected chi connectivity index (χ3v) is 6.02. The number of sulfonamides is 1. The number of carbonyl (C=O) groups is 1. The number of hydrogen-bond acceptors (Lipinski definition) is 4. The normalized spacial score (nSPS) is 11.6. The molecule has 2 aromatic carbocycles. The molecule has 0 aliphatic carbocycles. The fourth-order valence-electron chi connectivity index (χ4n) is 2.81. The maximum Gasteiger partial charge on any atom is 0.254 e. The van der Waals surface area contributed by atoms with Gasteiger partial charge in [-0.1, -0.05) is 38.1 Å². The zero-order valence-electron chi connectivity index (χ0n) is 16.3. The highest BCUT2D eigenvalue weighted by Crippen LogP contribution is 2.16. The number of rotatable bonds is 9. The van der Waals surface area contributed by atoms with E-state index in [2.05, 4.69) is 28.8 Å². The predicted molar refractivity (Wildman–Crippen MR) is 107 cm³/mol. The second-order valence-electron chi connectivity index (χ2n) is 6.26. The number of amides is 1. The summed E-state index contributed by atoms with van der Waals surface area (Å²) in [4.78, 5) is 14.6. The maximum absolute atomic E-state index is 14.1. The molecule has 0 heterocycles. The van der Waals surface area contributed by atoms with Crippen LogP contribution in [-0.2, 0) is 23.1 Å². The summed E-state index contributed by atoms with van der Waals surface area (Å²) < 4.78 is 40.1. The Bertz CT molecular complexity index is 928. The Morgan fingerprint density at radius 2 is 1.71 bits per heavy atom. The van der Waals surface area contributed by atoms with Gasteiger partial charge in [0.25, 0.3) is 5.91 Å². The van der Waals surface area contributed by atoms with Crippen LogP contribution in [-0.4, -0.2) is 39.4 Å². The van der Waals surface area contributed by atoms with Crippen LogP contribution in [0.3, 0.4) is 0 Å². The first kappa shape index (κ1) is 22.0. The first-order chi connectivity index (χ1) is 13.3. The van der Waals surface area contributed by atoms with Gasteiger partial charge >= 0.3 is 0 Å². The molecule has 8 heteroatoms. The smallest absolute Gasteiger partial charge is 0.254 e. The van der Waals surface area contributed by atoms with Gasteiger partial charge in [-0.25, -0.2) is 17.5 Å². The summed E-state index contributed by atoms with van der Waals surface area (Å²) in [5, 5.41) is 2.69. The third-order valence-electron chi connectivity index (χ3n) is 4.61. The average Bonchev–Trinajstić information content (AvgIpc) is 2.71. The molecule has 0 unspecified atom stereocenters. The molecule has 0 aliphatic heterocycles. The summed E-state index contributed by atoms with van der Waals surface area (Å²) in [5.74, 6) is -1.44. The van der Waals surface area contributed by atoms with E-state index >= 15 is 0 Å². The lowest BCUT2D eigenvalue weighted by atomic mass is 10.1. The molecular formula is C20H26FN3O3S. The Kier molecular flexibility index (Phi) is 7.68. The van der Waals surface area contributed by atoms with Gasteiger partial charge in [0.05, 0.1) is 10.5 Å². The van der Waals surface area contributed by atoms with Crippen LogP contribution in [0.2, 0.25) is 0 Å². The lowest BCUT2D eigenvalue weighted by Gasteiger charge is -2.20. The van der Waals surface area contributed by atoms with Gasteiger partial charge in [0.2, 0.25) is 10.0 Å². The molecule has 1 amide bonds. The molecule has 0 fully saturated rings. The third kappa shape index (κ3) is 5.37. The monoisotopic (exact) mass is 407 g/mol. The number of halogens is 1. The van der Waals surface area contributed by atoms with Crippen LogP contribution in [0.1, 0.15) is 35.3 Å². The van der Waals surface area contributed by atoms with Crippen molar-refractivity contribution in [3.63, 3.8) is 0 Å². The molecule has 2 N–H and O–H groups in total. The molecule has 0 aromatic heterocycles. The molecule has 0 bridgehead atoms. The highest BCUT2D eigenvalue weighted by Gasteiger charge is 2.18. The Morgan fingerprint density at radius 1 is 1.07 bits per heavy atom. The SMILES string of the molecule is CCN(CC)Cc1ccccc1CNC(=O)c1cc(S(=O)(=O)NC)ccc1F. The van der Waals surface area contributed by atoms with E-state index in [1.54, 1.807) is 0 Å². The van der Waals surface area contributed by atoms with Gasteiger partial charge < -0.3 is 5.32 Å². The summed E-state index contributed by atoms with van der Waals surface area (Å²) >= 11 is 0. The van der Waals surface area contributed by atoms with Crippen molar-refractivity contribution in [3.05, 3.63) is 65.0 Å². The van der Waals surface area contributed by atoms with Crippen LogP contribution >= 0.6 is 0 Å². The van der Waals surface area contributed by atoms with E-state index < -0.39 is 21.7 Å². The van der Waals surface area contributed by atoms with E-state index in [4.69, 9.17) is 0 Å². The second-order valence-corrected chi connectivity index (χ2v) is 8.15. The molecule has 0 saturated heterocycles. The van der Waals surface area contributed by atoms with Crippen LogP contribution < -0.4 is 10.0 Å². The fraction of sp³-hybridized carbons (Fsp3) is 0.350. The standard InChI is InChI=1S/C20H26FN3O3S/c1-4-24(5-2)14-16-9-7-6-8-15(16)13-23-20(25)18-12-17(10-11-19(18)21)28(26,27)22-3/h6-12,22H,4-5,13-14H2,1-3H3,(H,23,25). The summed E-state index contributed by atoms with van der Waals surface area (Å²) in [7, 11) is -2.51. The molecular weight excluding hydrogens is 381 g/mol. The molecule has 0 radical (unpaired) electrons. The van der Waals surface area contributed by atoms with Crippen molar-refractivity contribution in [2.75, 3.05) is 20.1 Å². The van der Waals surface area contributed by atoms with E-state index in [0.717, 1.165) is 49.0 Å². The van der Waals surface area contributed by atoms with Gasteiger partial charge in [0, 0.05) is 13.1 Å². The minimum Gasteiger partial charge on any atom is -0.348 e. The summed E-state index contributed by atoms with van der Waals surface area (Å²) in [6, 6.07) is 10.9. The second kappa shape index (κ2) is 9.77. The number of nitrogens with zero attached hydrogens (tertiary/aromatic N) is 1. The zero-order chi connectivity index (χ0) is 20.7. The quantitative estimate of drug-likeness (QED) is 0.670. The van der Waals surface area contributed by atoms with Gasteiger partial charge in [0.15, 0.2) is 0 Å². The van der Waals surface area contributed by atoms with E-state index in [9.17, 15) is 17.6 Å². The number of hydrogen-bond donors (Lipinski definition) is 2. The zero-order valence-corrected chi connectivity index (χ0v) is 17.1. The molecule has 0 aliphatic rings. The van der Waals surface area contributed by atoms with Gasteiger partial charge in [-0.2, -0.15) is 0 Å². The first-order valence-corrected chi connectivity index (χ1v) is 10.6. The van der Waals surface area contributed by atoms with Crippen molar-refractivity contribution < 1.29 is 17.6 Å². The maximum atomic E-state index is 14.1. The number of carbonyl (C=O) groups excluding carboxylic acids is 1. The van der Waals surface area contributed by atoms with Crippen molar-refractivity contribution >= 4 is 15.9 Å².